The molecule has 0 aliphatic carbocycles. The molecular weight excluding hydrogens is 202 g/mol. The summed E-state index contributed by atoms with van der Waals surface area (Å²) < 4.78 is 11.3. The summed E-state index contributed by atoms with van der Waals surface area (Å²) in [5.41, 5.74) is 3.50. The second-order valence-corrected chi connectivity index (χ2v) is 4.05. The van der Waals surface area contributed by atoms with Gasteiger partial charge in [-0.05, 0) is 18.6 Å². The fraction of sp³-hybridized carbons (Fsp3) is 0.385. The molecule has 0 saturated carbocycles. The van der Waals surface area contributed by atoms with Crippen LogP contribution in [0.4, 0.5) is 0 Å². The molecule has 1 aliphatic rings. The largest absolute Gasteiger partial charge is 0.464 e. The fourth-order valence-corrected chi connectivity index (χ4v) is 2.38. The molecule has 84 valence electrons. The van der Waals surface area contributed by atoms with E-state index >= 15 is 0 Å². The molecule has 0 fully saturated rings. The van der Waals surface area contributed by atoms with Gasteiger partial charge in [0, 0.05) is 30.6 Å². The maximum absolute atomic E-state index is 5.73. The van der Waals surface area contributed by atoms with Crippen LogP contribution in [0.3, 0.4) is 0 Å². The highest BCUT2D eigenvalue weighted by molar-refractivity contribution is 5.81. The molecule has 1 unspecified atom stereocenters. The lowest BCUT2D eigenvalue weighted by molar-refractivity contribution is 0.0569. The van der Waals surface area contributed by atoms with Crippen molar-refractivity contribution in [1.29, 1.82) is 0 Å². The summed E-state index contributed by atoms with van der Waals surface area (Å²) in [4.78, 5) is 0. The SMILES string of the molecule is CCOC1CNCc2c1ccc1ccoc21. The van der Waals surface area contributed by atoms with Crippen LogP contribution in [-0.4, -0.2) is 13.2 Å². The van der Waals surface area contributed by atoms with Gasteiger partial charge in [0.15, 0.2) is 0 Å². The Morgan fingerprint density at radius 2 is 2.38 bits per heavy atom. The fourth-order valence-electron chi connectivity index (χ4n) is 2.38. The van der Waals surface area contributed by atoms with Gasteiger partial charge in [-0.2, -0.15) is 0 Å². The highest BCUT2D eigenvalue weighted by atomic mass is 16.5. The van der Waals surface area contributed by atoms with Gasteiger partial charge in [0.25, 0.3) is 0 Å². The third-order valence-electron chi connectivity index (χ3n) is 3.11. The topological polar surface area (TPSA) is 34.4 Å². The predicted molar refractivity (Wildman–Crippen MR) is 62.3 cm³/mol. The van der Waals surface area contributed by atoms with E-state index in [0.717, 1.165) is 30.7 Å². The maximum Gasteiger partial charge on any atom is 0.138 e. The van der Waals surface area contributed by atoms with E-state index < -0.39 is 0 Å². The quantitative estimate of drug-likeness (QED) is 0.839. The number of fused-ring (bicyclic) bond motifs is 3. The van der Waals surface area contributed by atoms with Crippen LogP contribution in [-0.2, 0) is 11.3 Å². The number of benzene rings is 1. The van der Waals surface area contributed by atoms with Gasteiger partial charge in [0.05, 0.1) is 12.4 Å². The summed E-state index contributed by atoms with van der Waals surface area (Å²) >= 11 is 0. The lowest BCUT2D eigenvalue weighted by Gasteiger charge is -2.26. The second-order valence-electron chi connectivity index (χ2n) is 4.05. The highest BCUT2D eigenvalue weighted by Crippen LogP contribution is 2.31. The van der Waals surface area contributed by atoms with Crippen LogP contribution in [0.5, 0.6) is 0 Å². The van der Waals surface area contributed by atoms with E-state index in [2.05, 4.69) is 17.4 Å². The zero-order chi connectivity index (χ0) is 11.0. The standard InChI is InChI=1S/C13H15NO2/c1-2-15-12-8-14-7-11-10(12)4-3-9-5-6-16-13(9)11/h3-6,12,14H,2,7-8H2,1H3. The van der Waals surface area contributed by atoms with Gasteiger partial charge < -0.3 is 14.5 Å². The van der Waals surface area contributed by atoms with E-state index in [1.165, 1.54) is 11.1 Å². The van der Waals surface area contributed by atoms with Gasteiger partial charge >= 0.3 is 0 Å². The smallest absolute Gasteiger partial charge is 0.138 e. The molecule has 0 spiro atoms. The van der Waals surface area contributed by atoms with Gasteiger partial charge in [-0.3, -0.25) is 0 Å². The van der Waals surface area contributed by atoms with Crippen molar-refractivity contribution in [3.8, 4) is 0 Å². The van der Waals surface area contributed by atoms with E-state index in [9.17, 15) is 0 Å². The third kappa shape index (κ3) is 1.44. The Hall–Kier alpha value is -1.32. The summed E-state index contributed by atoms with van der Waals surface area (Å²) in [6.45, 7) is 4.51. The first-order chi connectivity index (χ1) is 7.90. The number of rotatable bonds is 2. The van der Waals surface area contributed by atoms with Gasteiger partial charge in [-0.15, -0.1) is 0 Å². The van der Waals surface area contributed by atoms with Crippen LogP contribution >= 0.6 is 0 Å². The average Bonchev–Trinajstić information content (AvgIpc) is 2.78. The van der Waals surface area contributed by atoms with Gasteiger partial charge in [0.2, 0.25) is 0 Å². The van der Waals surface area contributed by atoms with Crippen LogP contribution in [0.1, 0.15) is 24.2 Å². The van der Waals surface area contributed by atoms with Crippen molar-refractivity contribution < 1.29 is 9.15 Å². The zero-order valence-corrected chi connectivity index (χ0v) is 9.32. The number of furan rings is 1. The highest BCUT2D eigenvalue weighted by Gasteiger charge is 2.22. The molecule has 1 aromatic carbocycles. The molecule has 2 aromatic rings. The Bertz CT molecular complexity index is 504. The van der Waals surface area contributed by atoms with Crippen LogP contribution in [0, 0.1) is 0 Å². The lowest BCUT2D eigenvalue weighted by atomic mass is 9.97. The molecular formula is C13H15NO2. The first-order valence-corrected chi connectivity index (χ1v) is 5.71. The first-order valence-electron chi connectivity index (χ1n) is 5.71. The second kappa shape index (κ2) is 3.92. The summed E-state index contributed by atoms with van der Waals surface area (Å²) in [7, 11) is 0. The minimum Gasteiger partial charge on any atom is -0.464 e. The Labute approximate surface area is 94.4 Å². The van der Waals surface area contributed by atoms with E-state index in [1.54, 1.807) is 6.26 Å². The molecule has 16 heavy (non-hydrogen) atoms. The van der Waals surface area contributed by atoms with Crippen LogP contribution < -0.4 is 5.32 Å². The van der Waals surface area contributed by atoms with E-state index in [1.807, 2.05) is 13.0 Å². The third-order valence-corrected chi connectivity index (χ3v) is 3.11. The van der Waals surface area contributed by atoms with Gasteiger partial charge in [-0.25, -0.2) is 0 Å². The van der Waals surface area contributed by atoms with Crippen molar-refractivity contribution in [2.45, 2.75) is 19.6 Å². The Balaban J connectivity index is 2.13. The van der Waals surface area contributed by atoms with Crippen molar-refractivity contribution >= 4 is 11.0 Å². The van der Waals surface area contributed by atoms with Crippen molar-refractivity contribution in [3.63, 3.8) is 0 Å². The Kier molecular flexibility index (Phi) is 2.42. The van der Waals surface area contributed by atoms with Crippen LogP contribution in [0.25, 0.3) is 11.0 Å². The molecule has 3 rings (SSSR count). The Morgan fingerprint density at radius 1 is 1.44 bits per heavy atom. The van der Waals surface area contributed by atoms with Crippen molar-refractivity contribution in [3.05, 3.63) is 35.6 Å². The van der Waals surface area contributed by atoms with Crippen LogP contribution in [0.2, 0.25) is 0 Å². The molecule has 0 saturated heterocycles. The minimum absolute atomic E-state index is 0.156. The van der Waals surface area contributed by atoms with Gasteiger partial charge in [-0.1, -0.05) is 12.1 Å². The number of hydrogen-bond acceptors (Lipinski definition) is 3. The molecule has 0 radical (unpaired) electrons. The van der Waals surface area contributed by atoms with Crippen molar-refractivity contribution in [1.82, 2.24) is 5.32 Å². The minimum atomic E-state index is 0.156. The van der Waals surface area contributed by atoms with E-state index in [4.69, 9.17) is 9.15 Å². The maximum atomic E-state index is 5.73. The molecule has 0 bridgehead atoms. The summed E-state index contributed by atoms with van der Waals surface area (Å²) in [6, 6.07) is 6.27. The lowest BCUT2D eigenvalue weighted by Crippen LogP contribution is -2.29. The monoisotopic (exact) mass is 217 g/mol. The Morgan fingerprint density at radius 3 is 3.25 bits per heavy atom. The van der Waals surface area contributed by atoms with Crippen molar-refractivity contribution in [2.24, 2.45) is 0 Å². The molecule has 3 heteroatoms. The van der Waals surface area contributed by atoms with Gasteiger partial charge in [0.1, 0.15) is 5.58 Å². The summed E-state index contributed by atoms with van der Waals surface area (Å²) in [6.07, 6.45) is 1.90. The summed E-state index contributed by atoms with van der Waals surface area (Å²) in [5.74, 6) is 0. The van der Waals surface area contributed by atoms with Crippen molar-refractivity contribution in [2.75, 3.05) is 13.2 Å². The first kappa shape index (κ1) is 9.87. The summed E-state index contributed by atoms with van der Waals surface area (Å²) in [5, 5.41) is 4.54. The van der Waals surface area contributed by atoms with E-state index in [0.29, 0.717) is 0 Å². The molecule has 0 amide bonds. The number of hydrogen-bond donors (Lipinski definition) is 1. The molecule has 1 N–H and O–H groups in total. The van der Waals surface area contributed by atoms with E-state index in [-0.39, 0.29) is 6.10 Å². The molecule has 2 heterocycles. The normalized spacial score (nSPS) is 19.9. The molecule has 1 aromatic heterocycles. The predicted octanol–water partition coefficient (Wildman–Crippen LogP) is 2.61. The number of ether oxygens (including phenoxy) is 1. The average molecular weight is 217 g/mol. The zero-order valence-electron chi connectivity index (χ0n) is 9.32. The molecule has 3 nitrogen and oxygen atoms in total. The number of nitrogens with one attached hydrogen (secondary N) is 1. The molecule has 1 atom stereocenters. The van der Waals surface area contributed by atoms with Crippen LogP contribution in [0.15, 0.2) is 28.9 Å². The molecule has 1 aliphatic heterocycles.